The number of hydrogen-bond acceptors (Lipinski definition) is 4. The Morgan fingerprint density at radius 1 is 1.38 bits per heavy atom. The maximum atomic E-state index is 5.87. The van der Waals surface area contributed by atoms with E-state index < -0.39 is 0 Å². The zero-order valence-corrected chi connectivity index (χ0v) is 13.4. The minimum absolute atomic E-state index is 0.587. The summed E-state index contributed by atoms with van der Waals surface area (Å²) < 4.78 is 0. The third-order valence-corrected chi connectivity index (χ3v) is 4.72. The van der Waals surface area contributed by atoms with Crippen molar-refractivity contribution in [3.63, 3.8) is 0 Å². The summed E-state index contributed by atoms with van der Waals surface area (Å²) in [6.45, 7) is 3.75. The van der Waals surface area contributed by atoms with E-state index in [2.05, 4.69) is 41.5 Å². The molecule has 2 heterocycles. The van der Waals surface area contributed by atoms with Crippen molar-refractivity contribution in [1.82, 2.24) is 4.98 Å². The van der Waals surface area contributed by atoms with Gasteiger partial charge in [0.2, 0.25) is 0 Å². The molecular weight excluding hydrogens is 278 g/mol. The molecule has 112 valence electrons. The lowest BCUT2D eigenvalue weighted by Gasteiger charge is -2.24. The molecule has 4 heteroatoms. The molecule has 0 spiro atoms. The second-order valence-electron chi connectivity index (χ2n) is 5.72. The Kier molecular flexibility index (Phi) is 4.56. The van der Waals surface area contributed by atoms with Gasteiger partial charge in [-0.05, 0) is 48.4 Å². The number of aryl methyl sites for hydroxylation is 1. The highest BCUT2D eigenvalue weighted by molar-refractivity contribution is 7.09. The Morgan fingerprint density at radius 3 is 2.86 bits per heavy atom. The summed E-state index contributed by atoms with van der Waals surface area (Å²) in [5.41, 5.74) is 8.24. The first kappa shape index (κ1) is 14.5. The number of aromatic nitrogens is 1. The highest BCUT2D eigenvalue weighted by Gasteiger charge is 2.30. The zero-order valence-electron chi connectivity index (χ0n) is 12.6. The second-order valence-corrected chi connectivity index (χ2v) is 6.75. The fraction of sp³-hybridized carbons (Fsp3) is 0.471. The smallest absolute Gasteiger partial charge is 0.129 e. The second kappa shape index (κ2) is 6.58. The number of nitrogens with two attached hydrogens (primary N) is 1. The van der Waals surface area contributed by atoms with Gasteiger partial charge in [0.25, 0.3) is 0 Å². The summed E-state index contributed by atoms with van der Waals surface area (Å²) in [4.78, 5) is 8.75. The standard InChI is InChI=1S/C17H23N3S/c1-2-4-14-9-13(11-18)10-17(19-14)20(15-6-7-15)12-16-5-3-8-21-16/h3,5,8-10,15H,2,4,6-7,11-12,18H2,1H3. The quantitative estimate of drug-likeness (QED) is 0.847. The minimum atomic E-state index is 0.587. The molecule has 2 N–H and O–H groups in total. The van der Waals surface area contributed by atoms with Gasteiger partial charge in [0.05, 0.1) is 6.54 Å². The van der Waals surface area contributed by atoms with E-state index in [-0.39, 0.29) is 0 Å². The molecule has 1 aliphatic rings. The summed E-state index contributed by atoms with van der Waals surface area (Å²) in [6.07, 6.45) is 4.71. The van der Waals surface area contributed by atoms with Crippen molar-refractivity contribution in [2.45, 2.75) is 51.7 Å². The highest BCUT2D eigenvalue weighted by Crippen LogP contribution is 2.33. The lowest BCUT2D eigenvalue weighted by atomic mass is 10.1. The Morgan fingerprint density at radius 2 is 2.24 bits per heavy atom. The highest BCUT2D eigenvalue weighted by atomic mass is 32.1. The fourth-order valence-corrected chi connectivity index (χ4v) is 3.34. The van der Waals surface area contributed by atoms with Crippen LogP contribution in [0.25, 0.3) is 0 Å². The van der Waals surface area contributed by atoms with Gasteiger partial charge in [-0.3, -0.25) is 0 Å². The van der Waals surface area contributed by atoms with Crippen molar-refractivity contribution >= 4 is 17.2 Å². The third-order valence-electron chi connectivity index (χ3n) is 3.85. The van der Waals surface area contributed by atoms with Crippen LogP contribution in [0.5, 0.6) is 0 Å². The van der Waals surface area contributed by atoms with Gasteiger partial charge in [-0.1, -0.05) is 19.4 Å². The number of rotatable bonds is 7. The van der Waals surface area contributed by atoms with Gasteiger partial charge in [-0.25, -0.2) is 4.98 Å². The summed E-state index contributed by atoms with van der Waals surface area (Å²) in [7, 11) is 0. The molecule has 1 saturated carbocycles. The van der Waals surface area contributed by atoms with Gasteiger partial charge in [-0.2, -0.15) is 0 Å². The predicted octanol–water partition coefficient (Wildman–Crippen LogP) is 3.72. The average Bonchev–Trinajstić information content (AvgIpc) is 3.21. The molecule has 0 bridgehead atoms. The molecule has 3 rings (SSSR count). The molecule has 0 saturated heterocycles. The van der Waals surface area contributed by atoms with Crippen molar-refractivity contribution in [3.8, 4) is 0 Å². The monoisotopic (exact) mass is 301 g/mol. The van der Waals surface area contributed by atoms with Gasteiger partial charge in [0, 0.05) is 23.2 Å². The van der Waals surface area contributed by atoms with E-state index in [0.29, 0.717) is 12.6 Å². The van der Waals surface area contributed by atoms with Crippen molar-refractivity contribution in [2.75, 3.05) is 4.90 Å². The van der Waals surface area contributed by atoms with Gasteiger partial charge in [0.15, 0.2) is 0 Å². The number of nitrogens with zero attached hydrogens (tertiary/aromatic N) is 2. The molecule has 1 fully saturated rings. The number of thiophene rings is 1. The van der Waals surface area contributed by atoms with Crippen LogP contribution in [0.15, 0.2) is 29.6 Å². The van der Waals surface area contributed by atoms with Crippen LogP contribution in [0.1, 0.15) is 42.3 Å². The maximum absolute atomic E-state index is 5.87. The molecule has 0 radical (unpaired) electrons. The first-order chi connectivity index (χ1) is 10.3. The van der Waals surface area contributed by atoms with E-state index in [9.17, 15) is 0 Å². The molecule has 0 amide bonds. The number of pyridine rings is 1. The van der Waals surface area contributed by atoms with E-state index in [1.54, 1.807) is 0 Å². The first-order valence-electron chi connectivity index (χ1n) is 7.79. The van der Waals surface area contributed by atoms with Crippen molar-refractivity contribution < 1.29 is 0 Å². The molecule has 0 atom stereocenters. The summed E-state index contributed by atoms with van der Waals surface area (Å²) in [5.74, 6) is 1.11. The molecule has 3 nitrogen and oxygen atoms in total. The largest absolute Gasteiger partial charge is 0.348 e. The van der Waals surface area contributed by atoms with Gasteiger partial charge < -0.3 is 10.6 Å². The Balaban J connectivity index is 1.88. The lowest BCUT2D eigenvalue weighted by molar-refractivity contribution is 0.772. The van der Waals surface area contributed by atoms with Crippen LogP contribution in [-0.2, 0) is 19.5 Å². The fourth-order valence-electron chi connectivity index (χ4n) is 2.64. The predicted molar refractivity (Wildman–Crippen MR) is 89.6 cm³/mol. The summed E-state index contributed by atoms with van der Waals surface area (Å²) >= 11 is 1.82. The van der Waals surface area contributed by atoms with Crippen LogP contribution in [-0.4, -0.2) is 11.0 Å². The first-order valence-corrected chi connectivity index (χ1v) is 8.67. The molecule has 21 heavy (non-hydrogen) atoms. The third kappa shape index (κ3) is 3.63. The normalized spacial score (nSPS) is 14.4. The summed E-state index contributed by atoms with van der Waals surface area (Å²) in [6, 6.07) is 9.31. The number of anilines is 1. The molecule has 1 aliphatic carbocycles. The van der Waals surface area contributed by atoms with Crippen molar-refractivity contribution in [3.05, 3.63) is 45.8 Å². The Bertz CT molecular complexity index is 576. The average molecular weight is 301 g/mol. The lowest BCUT2D eigenvalue weighted by Crippen LogP contribution is -2.26. The van der Waals surface area contributed by atoms with Gasteiger partial charge >= 0.3 is 0 Å². The Hall–Kier alpha value is -1.39. The SMILES string of the molecule is CCCc1cc(CN)cc(N(Cc2cccs2)C2CC2)n1. The van der Waals surface area contributed by atoms with Crippen LogP contribution in [0.4, 0.5) is 5.82 Å². The van der Waals surface area contributed by atoms with Gasteiger partial charge in [0.1, 0.15) is 5.82 Å². The van der Waals surface area contributed by atoms with Crippen LogP contribution in [0, 0.1) is 0 Å². The minimum Gasteiger partial charge on any atom is -0.348 e. The number of hydrogen-bond donors (Lipinski definition) is 1. The van der Waals surface area contributed by atoms with Crippen LogP contribution >= 0.6 is 11.3 Å². The Labute approximate surface area is 130 Å². The molecule has 0 aromatic carbocycles. The van der Waals surface area contributed by atoms with E-state index >= 15 is 0 Å². The topological polar surface area (TPSA) is 42.1 Å². The van der Waals surface area contributed by atoms with Crippen LogP contribution in [0.3, 0.4) is 0 Å². The molecule has 0 aliphatic heterocycles. The van der Waals surface area contributed by atoms with E-state index in [4.69, 9.17) is 10.7 Å². The van der Waals surface area contributed by atoms with E-state index in [1.807, 2.05) is 11.3 Å². The zero-order chi connectivity index (χ0) is 14.7. The van der Waals surface area contributed by atoms with E-state index in [1.165, 1.54) is 29.0 Å². The molecule has 0 unspecified atom stereocenters. The summed E-state index contributed by atoms with van der Waals surface area (Å²) in [5, 5.41) is 2.15. The maximum Gasteiger partial charge on any atom is 0.129 e. The van der Waals surface area contributed by atoms with Crippen LogP contribution in [0.2, 0.25) is 0 Å². The molecule has 2 aromatic rings. The van der Waals surface area contributed by atoms with Crippen LogP contribution < -0.4 is 10.6 Å². The van der Waals surface area contributed by atoms with Crippen molar-refractivity contribution in [1.29, 1.82) is 0 Å². The molecular formula is C17H23N3S. The molecule has 2 aromatic heterocycles. The van der Waals surface area contributed by atoms with Crippen molar-refractivity contribution in [2.24, 2.45) is 5.73 Å². The van der Waals surface area contributed by atoms with E-state index in [0.717, 1.165) is 25.2 Å². The van der Waals surface area contributed by atoms with Gasteiger partial charge in [-0.15, -0.1) is 11.3 Å².